The summed E-state index contributed by atoms with van der Waals surface area (Å²) in [5.41, 5.74) is 11.4. The fraction of sp³-hybridized carbons (Fsp3) is 0. The van der Waals surface area contributed by atoms with Crippen LogP contribution in [-0.2, 0) is 0 Å². The standard InChI is InChI=1S/C44H26N4/c45-27-29-20-22-39-38-15-2-5-16-40(38)47(44(39)24-29)33-11-9-10-30(26-33)31-21-23-34(32(25-31)28-46)35-12-1-6-17-41(35)48-42-18-7-3-13-36(42)37-14-4-8-19-43(37)48/h1-26H. The molecule has 0 radical (unpaired) electrons. The van der Waals surface area contributed by atoms with E-state index in [0.717, 1.165) is 66.5 Å². The van der Waals surface area contributed by atoms with Gasteiger partial charge in [0.2, 0.25) is 0 Å². The molecule has 0 bridgehead atoms. The lowest BCUT2D eigenvalue weighted by molar-refractivity contribution is 1.18. The summed E-state index contributed by atoms with van der Waals surface area (Å²) < 4.78 is 4.53. The summed E-state index contributed by atoms with van der Waals surface area (Å²) in [4.78, 5) is 0. The van der Waals surface area contributed by atoms with Gasteiger partial charge in [0.1, 0.15) is 0 Å². The highest BCUT2D eigenvalue weighted by molar-refractivity contribution is 6.10. The van der Waals surface area contributed by atoms with Gasteiger partial charge in [0.05, 0.1) is 51.0 Å². The summed E-state index contributed by atoms with van der Waals surface area (Å²) >= 11 is 0. The number of aromatic nitrogens is 2. The van der Waals surface area contributed by atoms with Crippen LogP contribution in [0.5, 0.6) is 0 Å². The van der Waals surface area contributed by atoms with Crippen LogP contribution in [0.25, 0.3) is 77.2 Å². The predicted octanol–water partition coefficient (Wildman–Crippen LogP) is 11.0. The number of nitrogens with zero attached hydrogens (tertiary/aromatic N) is 4. The Hall–Kier alpha value is -6.88. The fourth-order valence-corrected chi connectivity index (χ4v) is 7.27. The highest BCUT2D eigenvalue weighted by Gasteiger charge is 2.18. The van der Waals surface area contributed by atoms with E-state index in [2.05, 4.69) is 137 Å². The molecule has 0 saturated heterocycles. The first-order chi connectivity index (χ1) is 23.7. The van der Waals surface area contributed by atoms with E-state index in [1.54, 1.807) is 0 Å². The maximum atomic E-state index is 10.5. The zero-order chi connectivity index (χ0) is 32.2. The Bertz CT molecular complexity index is 2760. The molecular formula is C44H26N4. The van der Waals surface area contributed by atoms with Crippen LogP contribution in [0.4, 0.5) is 0 Å². The average Bonchev–Trinajstić information content (AvgIpc) is 3.67. The summed E-state index contributed by atoms with van der Waals surface area (Å²) in [6.07, 6.45) is 0. The van der Waals surface area contributed by atoms with Gasteiger partial charge in [0.25, 0.3) is 0 Å². The Labute approximate surface area is 277 Å². The quantitative estimate of drug-likeness (QED) is 0.199. The predicted molar refractivity (Wildman–Crippen MR) is 195 cm³/mol. The van der Waals surface area contributed by atoms with Crippen LogP contribution in [0.3, 0.4) is 0 Å². The van der Waals surface area contributed by atoms with Gasteiger partial charge in [0, 0.05) is 38.4 Å². The van der Waals surface area contributed by atoms with E-state index in [0.29, 0.717) is 11.1 Å². The van der Waals surface area contributed by atoms with Gasteiger partial charge in [-0.1, -0.05) is 103 Å². The van der Waals surface area contributed by atoms with Crippen LogP contribution in [-0.4, -0.2) is 9.13 Å². The summed E-state index contributed by atoms with van der Waals surface area (Å²) in [6, 6.07) is 58.9. The summed E-state index contributed by atoms with van der Waals surface area (Å²) in [7, 11) is 0. The Morgan fingerprint density at radius 3 is 1.69 bits per heavy atom. The van der Waals surface area contributed by atoms with Gasteiger partial charge < -0.3 is 9.13 Å². The smallest absolute Gasteiger partial charge is 0.0998 e. The fourth-order valence-electron chi connectivity index (χ4n) is 7.27. The first kappa shape index (κ1) is 27.4. The van der Waals surface area contributed by atoms with Crippen molar-refractivity contribution < 1.29 is 0 Å². The molecule has 4 nitrogen and oxygen atoms in total. The average molecular weight is 611 g/mol. The number of rotatable bonds is 4. The Morgan fingerprint density at radius 2 is 1.00 bits per heavy atom. The van der Waals surface area contributed by atoms with Crippen molar-refractivity contribution in [2.75, 3.05) is 0 Å². The largest absolute Gasteiger partial charge is 0.309 e. The second kappa shape index (κ2) is 10.9. The van der Waals surface area contributed by atoms with Gasteiger partial charge in [-0.25, -0.2) is 0 Å². The zero-order valence-electron chi connectivity index (χ0n) is 25.8. The first-order valence-corrected chi connectivity index (χ1v) is 15.9. The number of hydrogen-bond acceptors (Lipinski definition) is 2. The van der Waals surface area contributed by atoms with E-state index < -0.39 is 0 Å². The monoisotopic (exact) mass is 610 g/mol. The van der Waals surface area contributed by atoms with E-state index in [-0.39, 0.29) is 0 Å². The second-order valence-electron chi connectivity index (χ2n) is 12.0. The minimum atomic E-state index is 0.613. The zero-order valence-corrected chi connectivity index (χ0v) is 25.8. The molecule has 0 unspecified atom stereocenters. The number of fused-ring (bicyclic) bond motifs is 6. The molecule has 48 heavy (non-hydrogen) atoms. The van der Waals surface area contributed by atoms with E-state index in [1.165, 1.54) is 10.8 Å². The summed E-state index contributed by atoms with van der Waals surface area (Å²) in [5, 5.41) is 24.8. The summed E-state index contributed by atoms with van der Waals surface area (Å²) in [5.74, 6) is 0. The van der Waals surface area contributed by atoms with Crippen molar-refractivity contribution in [1.29, 1.82) is 10.5 Å². The molecule has 0 saturated carbocycles. The maximum Gasteiger partial charge on any atom is 0.0998 e. The van der Waals surface area contributed by atoms with Crippen molar-refractivity contribution in [3.8, 4) is 45.8 Å². The van der Waals surface area contributed by atoms with Crippen molar-refractivity contribution in [1.82, 2.24) is 9.13 Å². The van der Waals surface area contributed by atoms with Crippen LogP contribution in [0.1, 0.15) is 11.1 Å². The third-order valence-corrected chi connectivity index (χ3v) is 9.40. The van der Waals surface area contributed by atoms with Crippen molar-refractivity contribution in [3.63, 3.8) is 0 Å². The highest BCUT2D eigenvalue weighted by atomic mass is 15.0. The Balaban J connectivity index is 1.19. The van der Waals surface area contributed by atoms with Crippen LogP contribution in [0.15, 0.2) is 158 Å². The molecule has 9 rings (SSSR count). The molecule has 0 aliphatic heterocycles. The highest BCUT2D eigenvalue weighted by Crippen LogP contribution is 2.39. The molecule has 0 aliphatic carbocycles. The molecular weight excluding hydrogens is 585 g/mol. The molecule has 2 aromatic heterocycles. The SMILES string of the molecule is N#Cc1ccc2c3ccccc3n(-c3cccc(-c4ccc(-c5ccccc5-n5c6ccccc6c6ccccc65)c(C#N)c4)c3)c2c1. The van der Waals surface area contributed by atoms with Crippen molar-refractivity contribution >= 4 is 43.6 Å². The number of nitriles is 2. The molecule has 222 valence electrons. The van der Waals surface area contributed by atoms with E-state index in [1.807, 2.05) is 42.5 Å². The molecule has 0 spiro atoms. The van der Waals surface area contributed by atoms with Crippen LogP contribution >= 0.6 is 0 Å². The number of benzene rings is 7. The topological polar surface area (TPSA) is 57.4 Å². The Morgan fingerprint density at radius 1 is 0.396 bits per heavy atom. The van der Waals surface area contributed by atoms with Gasteiger partial charge in [-0.15, -0.1) is 0 Å². The molecule has 7 aromatic carbocycles. The molecule has 9 aromatic rings. The van der Waals surface area contributed by atoms with Gasteiger partial charge in [-0.05, 0) is 65.7 Å². The lowest BCUT2D eigenvalue weighted by Gasteiger charge is -2.16. The van der Waals surface area contributed by atoms with Crippen molar-refractivity contribution in [2.24, 2.45) is 0 Å². The third kappa shape index (κ3) is 4.14. The minimum Gasteiger partial charge on any atom is -0.309 e. The summed E-state index contributed by atoms with van der Waals surface area (Å²) in [6.45, 7) is 0. The van der Waals surface area contributed by atoms with Gasteiger partial charge in [0.15, 0.2) is 0 Å². The molecule has 2 heterocycles. The molecule has 0 N–H and O–H groups in total. The lowest BCUT2D eigenvalue weighted by atomic mass is 9.94. The molecule has 0 fully saturated rings. The molecule has 0 atom stereocenters. The molecule has 4 heteroatoms. The minimum absolute atomic E-state index is 0.613. The number of para-hydroxylation sites is 4. The normalized spacial score (nSPS) is 11.3. The Kier molecular flexibility index (Phi) is 6.22. The van der Waals surface area contributed by atoms with Gasteiger partial charge in [-0.2, -0.15) is 10.5 Å². The van der Waals surface area contributed by atoms with Crippen LogP contribution < -0.4 is 0 Å². The van der Waals surface area contributed by atoms with Crippen molar-refractivity contribution in [3.05, 3.63) is 169 Å². The molecule has 0 aliphatic rings. The van der Waals surface area contributed by atoms with E-state index in [9.17, 15) is 10.5 Å². The maximum absolute atomic E-state index is 10.5. The first-order valence-electron chi connectivity index (χ1n) is 15.9. The van der Waals surface area contributed by atoms with Gasteiger partial charge >= 0.3 is 0 Å². The van der Waals surface area contributed by atoms with Crippen molar-refractivity contribution in [2.45, 2.75) is 0 Å². The van der Waals surface area contributed by atoms with Crippen LogP contribution in [0.2, 0.25) is 0 Å². The van der Waals surface area contributed by atoms with Crippen LogP contribution in [0, 0.1) is 22.7 Å². The van der Waals surface area contributed by atoms with E-state index in [4.69, 9.17) is 0 Å². The number of hydrogen-bond donors (Lipinski definition) is 0. The lowest BCUT2D eigenvalue weighted by Crippen LogP contribution is -1.98. The van der Waals surface area contributed by atoms with E-state index >= 15 is 0 Å². The van der Waals surface area contributed by atoms with Gasteiger partial charge in [-0.3, -0.25) is 0 Å². The second-order valence-corrected chi connectivity index (χ2v) is 12.0. The third-order valence-electron chi connectivity index (χ3n) is 9.40. The molecule has 0 amide bonds.